The second kappa shape index (κ2) is 8.50. The minimum atomic E-state index is -0.905. The van der Waals surface area contributed by atoms with Crippen LogP contribution in [0.2, 0.25) is 0 Å². The molecular weight excluding hydrogens is 304 g/mol. The van der Waals surface area contributed by atoms with Crippen LogP contribution >= 0.6 is 0 Å². The summed E-state index contributed by atoms with van der Waals surface area (Å²) in [7, 11) is 0. The van der Waals surface area contributed by atoms with Gasteiger partial charge in [-0.3, -0.25) is 4.79 Å². The molecule has 0 aliphatic heterocycles. The van der Waals surface area contributed by atoms with Gasteiger partial charge in [0.1, 0.15) is 0 Å². The molecule has 2 N–H and O–H groups in total. The third-order valence-electron chi connectivity index (χ3n) is 5.77. The predicted octanol–water partition coefficient (Wildman–Crippen LogP) is 4.91. The Morgan fingerprint density at radius 1 is 1.33 bits per heavy atom. The third kappa shape index (κ3) is 5.22. The molecule has 0 unspecified atom stereocenters. The van der Waals surface area contributed by atoms with E-state index < -0.39 is 11.9 Å². The Hall–Kier alpha value is -1.58. The van der Waals surface area contributed by atoms with Gasteiger partial charge in [-0.05, 0) is 62.7 Å². The SMILES string of the molecule is CC1=CC[C@H](C(C)C)[C@@](C)(CCC(=O)O)[C@@H]1CC/C(C)=C\C(=O)O. The summed E-state index contributed by atoms with van der Waals surface area (Å²) in [4.78, 5) is 22.0. The van der Waals surface area contributed by atoms with Gasteiger partial charge >= 0.3 is 11.9 Å². The predicted molar refractivity (Wildman–Crippen MR) is 95.8 cm³/mol. The monoisotopic (exact) mass is 336 g/mol. The van der Waals surface area contributed by atoms with Gasteiger partial charge in [0.15, 0.2) is 0 Å². The lowest BCUT2D eigenvalue weighted by Gasteiger charge is -2.49. The fourth-order valence-electron chi connectivity index (χ4n) is 4.48. The molecule has 0 heterocycles. The Morgan fingerprint density at radius 3 is 2.46 bits per heavy atom. The summed E-state index contributed by atoms with van der Waals surface area (Å²) in [5.41, 5.74) is 2.12. The lowest BCUT2D eigenvalue weighted by molar-refractivity contribution is -0.138. The molecule has 0 aromatic heterocycles. The first-order valence-electron chi connectivity index (χ1n) is 8.86. The number of allylic oxidation sites excluding steroid dienone is 3. The zero-order valence-corrected chi connectivity index (χ0v) is 15.6. The lowest BCUT2D eigenvalue weighted by Crippen LogP contribution is -2.41. The van der Waals surface area contributed by atoms with Crippen LogP contribution in [-0.4, -0.2) is 22.2 Å². The van der Waals surface area contributed by atoms with Crippen LogP contribution < -0.4 is 0 Å². The highest BCUT2D eigenvalue weighted by molar-refractivity contribution is 5.80. The van der Waals surface area contributed by atoms with Gasteiger partial charge in [-0.2, -0.15) is 0 Å². The number of rotatable bonds is 8. The molecule has 0 radical (unpaired) electrons. The van der Waals surface area contributed by atoms with Gasteiger partial charge in [0.05, 0.1) is 0 Å². The van der Waals surface area contributed by atoms with E-state index in [4.69, 9.17) is 10.2 Å². The molecule has 1 rings (SSSR count). The Kier molecular flexibility index (Phi) is 7.25. The van der Waals surface area contributed by atoms with E-state index in [1.807, 2.05) is 6.92 Å². The van der Waals surface area contributed by atoms with Crippen molar-refractivity contribution in [2.45, 2.75) is 66.7 Å². The van der Waals surface area contributed by atoms with Gasteiger partial charge in [0, 0.05) is 12.5 Å². The molecule has 4 nitrogen and oxygen atoms in total. The van der Waals surface area contributed by atoms with Gasteiger partial charge < -0.3 is 10.2 Å². The topological polar surface area (TPSA) is 74.6 Å². The second-order valence-corrected chi connectivity index (χ2v) is 7.85. The van der Waals surface area contributed by atoms with Crippen LogP contribution in [0.15, 0.2) is 23.3 Å². The summed E-state index contributed by atoms with van der Waals surface area (Å²) in [6, 6.07) is 0. The molecule has 0 aromatic rings. The number of carboxylic acid groups (broad SMARTS) is 2. The number of carboxylic acids is 2. The Labute approximate surface area is 145 Å². The summed E-state index contributed by atoms with van der Waals surface area (Å²) < 4.78 is 0. The van der Waals surface area contributed by atoms with E-state index in [-0.39, 0.29) is 11.8 Å². The molecule has 0 fully saturated rings. The molecule has 0 amide bonds. The van der Waals surface area contributed by atoms with Gasteiger partial charge in [0.2, 0.25) is 0 Å². The molecule has 0 aromatic carbocycles. The summed E-state index contributed by atoms with van der Waals surface area (Å²) in [6.07, 6.45) is 7.04. The standard InChI is InChI=1S/C20H32O4/c1-13(2)16-9-7-15(4)17(8-6-14(3)12-19(23)24)20(16,5)11-10-18(21)22/h7,12-13,16-17H,6,8-11H2,1-5H3,(H,21,22)(H,23,24)/b14-12-/t16-,17-,20-/m1/s1. The average Bonchev–Trinajstić information content (AvgIpc) is 2.43. The maximum Gasteiger partial charge on any atom is 0.328 e. The Balaban J connectivity index is 3.04. The van der Waals surface area contributed by atoms with Crippen molar-refractivity contribution in [3.05, 3.63) is 23.3 Å². The molecule has 4 heteroatoms. The summed E-state index contributed by atoms with van der Waals surface area (Å²) in [6.45, 7) is 10.6. The maximum atomic E-state index is 11.1. The van der Waals surface area contributed by atoms with Gasteiger partial charge in [-0.15, -0.1) is 0 Å². The molecular formula is C20H32O4. The Morgan fingerprint density at radius 2 is 1.96 bits per heavy atom. The largest absolute Gasteiger partial charge is 0.481 e. The van der Waals surface area contributed by atoms with Crippen molar-refractivity contribution in [3.8, 4) is 0 Å². The number of hydrogen-bond donors (Lipinski definition) is 2. The van der Waals surface area contributed by atoms with Gasteiger partial charge in [-0.1, -0.05) is 38.0 Å². The van der Waals surface area contributed by atoms with Crippen molar-refractivity contribution >= 4 is 11.9 Å². The van der Waals surface area contributed by atoms with Gasteiger partial charge in [0.25, 0.3) is 0 Å². The van der Waals surface area contributed by atoms with E-state index in [1.54, 1.807) is 0 Å². The maximum absolute atomic E-state index is 11.1. The summed E-state index contributed by atoms with van der Waals surface area (Å²) in [5, 5.41) is 18.0. The number of carbonyl (C=O) groups is 2. The summed E-state index contributed by atoms with van der Waals surface area (Å²) >= 11 is 0. The zero-order valence-electron chi connectivity index (χ0n) is 15.6. The zero-order chi connectivity index (χ0) is 18.5. The van der Waals surface area contributed by atoms with Crippen LogP contribution in [0.3, 0.4) is 0 Å². The van der Waals surface area contributed by atoms with Crippen molar-refractivity contribution in [2.24, 2.45) is 23.2 Å². The first-order valence-corrected chi connectivity index (χ1v) is 8.86. The first-order chi connectivity index (χ1) is 11.1. The minimum absolute atomic E-state index is 0.0606. The second-order valence-electron chi connectivity index (χ2n) is 7.85. The first kappa shape index (κ1) is 20.5. The smallest absolute Gasteiger partial charge is 0.328 e. The van der Waals surface area contributed by atoms with Gasteiger partial charge in [-0.25, -0.2) is 4.79 Å². The molecule has 0 spiro atoms. The van der Waals surface area contributed by atoms with Crippen LogP contribution in [0.1, 0.15) is 66.7 Å². The van der Waals surface area contributed by atoms with E-state index in [0.717, 1.165) is 24.8 Å². The van der Waals surface area contributed by atoms with Crippen LogP contribution in [-0.2, 0) is 9.59 Å². The van der Waals surface area contributed by atoms with Crippen molar-refractivity contribution in [3.63, 3.8) is 0 Å². The van der Waals surface area contributed by atoms with Crippen LogP contribution in [0.5, 0.6) is 0 Å². The fraction of sp³-hybridized carbons (Fsp3) is 0.700. The number of hydrogen-bond acceptors (Lipinski definition) is 2. The molecule has 136 valence electrons. The van der Waals surface area contributed by atoms with E-state index in [9.17, 15) is 9.59 Å². The highest BCUT2D eigenvalue weighted by atomic mass is 16.4. The van der Waals surface area contributed by atoms with E-state index >= 15 is 0 Å². The van der Waals surface area contributed by atoms with Crippen LogP contribution in [0.4, 0.5) is 0 Å². The minimum Gasteiger partial charge on any atom is -0.481 e. The highest BCUT2D eigenvalue weighted by Gasteiger charge is 2.44. The average molecular weight is 336 g/mol. The molecule has 0 saturated heterocycles. The van der Waals surface area contributed by atoms with Crippen molar-refractivity contribution in [1.82, 2.24) is 0 Å². The normalized spacial score (nSPS) is 27.9. The van der Waals surface area contributed by atoms with Crippen LogP contribution in [0, 0.1) is 23.2 Å². The van der Waals surface area contributed by atoms with Crippen molar-refractivity contribution in [2.75, 3.05) is 0 Å². The molecule has 0 bridgehead atoms. The van der Waals surface area contributed by atoms with E-state index in [0.29, 0.717) is 24.2 Å². The molecule has 24 heavy (non-hydrogen) atoms. The highest BCUT2D eigenvalue weighted by Crippen LogP contribution is 2.53. The molecule has 1 aliphatic carbocycles. The van der Waals surface area contributed by atoms with E-state index in [1.165, 1.54) is 11.6 Å². The Bertz CT molecular complexity index is 530. The fourth-order valence-corrected chi connectivity index (χ4v) is 4.48. The quantitative estimate of drug-likeness (QED) is 0.488. The third-order valence-corrected chi connectivity index (χ3v) is 5.77. The van der Waals surface area contributed by atoms with E-state index in [2.05, 4.69) is 33.8 Å². The van der Waals surface area contributed by atoms with Crippen LogP contribution in [0.25, 0.3) is 0 Å². The molecule has 3 atom stereocenters. The molecule has 0 saturated carbocycles. The lowest BCUT2D eigenvalue weighted by atomic mass is 9.55. The number of aliphatic carboxylic acids is 2. The molecule has 1 aliphatic rings. The van der Waals surface area contributed by atoms with Crippen molar-refractivity contribution < 1.29 is 19.8 Å². The summed E-state index contributed by atoms with van der Waals surface area (Å²) in [5.74, 6) is -0.403. The van der Waals surface area contributed by atoms with Crippen molar-refractivity contribution in [1.29, 1.82) is 0 Å².